The smallest absolute Gasteiger partial charge is 0.341 e. The molecule has 5 rings (SSSR count). The van der Waals surface area contributed by atoms with Crippen LogP contribution in [0.3, 0.4) is 0 Å². The highest BCUT2D eigenvalue weighted by Gasteiger charge is 2.26. The summed E-state index contributed by atoms with van der Waals surface area (Å²) >= 11 is 10.0. The van der Waals surface area contributed by atoms with E-state index in [-0.39, 0.29) is 11.9 Å². The van der Waals surface area contributed by atoms with Crippen LogP contribution in [0.5, 0.6) is 5.75 Å². The standard InChI is InChI=1S/C26H20ClNO3S2/c27-20-11-5-4-9-19(20)25(16-7-2-1-3-8-16)33-26-28-24-18-10-6-12-21(31-15-23(29)30)17(18)13-14-22(24)32-26/h1-12,25H,13-15H2,(H,29,30). The average molecular weight is 494 g/mol. The van der Waals surface area contributed by atoms with Gasteiger partial charge in [0.2, 0.25) is 0 Å². The molecule has 1 atom stereocenters. The molecule has 1 aliphatic rings. The van der Waals surface area contributed by atoms with Gasteiger partial charge in [-0.05, 0) is 36.1 Å². The van der Waals surface area contributed by atoms with Crippen LogP contribution in [0.15, 0.2) is 77.1 Å². The molecule has 7 heteroatoms. The lowest BCUT2D eigenvalue weighted by Crippen LogP contribution is -2.12. The lowest BCUT2D eigenvalue weighted by atomic mass is 9.93. The quantitative estimate of drug-likeness (QED) is 0.283. The van der Waals surface area contributed by atoms with Crippen LogP contribution in [0.1, 0.15) is 26.8 Å². The number of nitrogens with zero attached hydrogens (tertiary/aromatic N) is 1. The molecule has 0 aliphatic heterocycles. The van der Waals surface area contributed by atoms with E-state index in [1.54, 1.807) is 23.1 Å². The number of rotatable bonds is 7. The summed E-state index contributed by atoms with van der Waals surface area (Å²) < 4.78 is 6.52. The molecule has 0 radical (unpaired) electrons. The van der Waals surface area contributed by atoms with E-state index in [1.807, 2.05) is 54.6 Å². The predicted molar refractivity (Wildman–Crippen MR) is 134 cm³/mol. The molecule has 0 saturated heterocycles. The molecule has 3 aromatic carbocycles. The molecule has 0 saturated carbocycles. The molecule has 0 fully saturated rings. The number of ether oxygens (including phenoxy) is 1. The number of thioether (sulfide) groups is 1. The third kappa shape index (κ3) is 4.64. The molecule has 1 N–H and O–H groups in total. The van der Waals surface area contributed by atoms with Gasteiger partial charge in [0.05, 0.1) is 10.9 Å². The minimum Gasteiger partial charge on any atom is -0.482 e. The Bertz CT molecular complexity index is 1310. The summed E-state index contributed by atoms with van der Waals surface area (Å²) in [5.41, 5.74) is 5.26. The van der Waals surface area contributed by atoms with Crippen molar-refractivity contribution in [3.63, 3.8) is 0 Å². The van der Waals surface area contributed by atoms with E-state index in [0.717, 1.165) is 44.6 Å². The number of thiazole rings is 1. The number of halogens is 1. The Kier molecular flexibility index (Phi) is 6.40. The summed E-state index contributed by atoms with van der Waals surface area (Å²) in [4.78, 5) is 17.2. The van der Waals surface area contributed by atoms with E-state index in [1.165, 1.54) is 10.4 Å². The lowest BCUT2D eigenvalue weighted by Gasteiger charge is -2.18. The van der Waals surface area contributed by atoms with E-state index >= 15 is 0 Å². The van der Waals surface area contributed by atoms with E-state index in [4.69, 9.17) is 26.4 Å². The number of carbonyl (C=O) groups is 1. The molecule has 1 aromatic heterocycles. The molecule has 1 heterocycles. The molecular weight excluding hydrogens is 474 g/mol. The fraction of sp³-hybridized carbons (Fsp3) is 0.154. The molecule has 33 heavy (non-hydrogen) atoms. The molecule has 4 aromatic rings. The second-order valence-electron chi connectivity index (χ2n) is 7.65. The summed E-state index contributed by atoms with van der Waals surface area (Å²) in [6, 6.07) is 24.1. The molecule has 0 spiro atoms. The Balaban J connectivity index is 1.50. The number of hydrogen-bond acceptors (Lipinski definition) is 5. The average Bonchev–Trinajstić information content (AvgIpc) is 3.25. The summed E-state index contributed by atoms with van der Waals surface area (Å²) in [6.45, 7) is -0.349. The van der Waals surface area contributed by atoms with Crippen molar-refractivity contribution in [2.45, 2.75) is 22.4 Å². The van der Waals surface area contributed by atoms with Crippen molar-refractivity contribution in [3.8, 4) is 17.0 Å². The van der Waals surface area contributed by atoms with Gasteiger partial charge < -0.3 is 9.84 Å². The summed E-state index contributed by atoms with van der Waals surface area (Å²) in [5.74, 6) is -0.357. The SMILES string of the molecule is O=C(O)COc1cccc2c1CCc1sc(SC(c3ccccc3)c3ccccc3Cl)nc1-2. The third-order valence-electron chi connectivity index (χ3n) is 5.53. The van der Waals surface area contributed by atoms with Crippen LogP contribution in [0.25, 0.3) is 11.3 Å². The maximum absolute atomic E-state index is 11.0. The second-order valence-corrected chi connectivity index (χ2v) is 10.5. The molecule has 0 bridgehead atoms. The highest BCUT2D eigenvalue weighted by Crippen LogP contribution is 2.48. The first-order chi connectivity index (χ1) is 16.1. The molecule has 166 valence electrons. The number of aromatic nitrogens is 1. The number of aliphatic carboxylic acids is 1. The van der Waals surface area contributed by atoms with Crippen molar-refractivity contribution in [1.29, 1.82) is 0 Å². The molecule has 0 amide bonds. The first-order valence-electron chi connectivity index (χ1n) is 10.5. The van der Waals surface area contributed by atoms with Gasteiger partial charge in [-0.15, -0.1) is 11.3 Å². The molecule has 4 nitrogen and oxygen atoms in total. The molecular formula is C26H20ClNO3S2. The number of benzene rings is 3. The summed E-state index contributed by atoms with van der Waals surface area (Å²) in [6.07, 6.45) is 1.66. The number of carboxylic acid groups (broad SMARTS) is 1. The van der Waals surface area contributed by atoms with Crippen molar-refractivity contribution in [3.05, 3.63) is 99.4 Å². The zero-order valence-corrected chi connectivity index (χ0v) is 19.9. The first kappa shape index (κ1) is 22.0. The van der Waals surface area contributed by atoms with Gasteiger partial charge in [-0.1, -0.05) is 84.0 Å². The Morgan fingerprint density at radius 1 is 1.06 bits per heavy atom. The maximum atomic E-state index is 11.0. The van der Waals surface area contributed by atoms with E-state index in [0.29, 0.717) is 5.75 Å². The fourth-order valence-corrected chi connectivity index (χ4v) is 6.91. The second kappa shape index (κ2) is 9.59. The van der Waals surface area contributed by atoms with E-state index in [9.17, 15) is 4.79 Å². The van der Waals surface area contributed by atoms with Crippen LogP contribution < -0.4 is 4.74 Å². The molecule has 1 aliphatic carbocycles. The van der Waals surface area contributed by atoms with Crippen LogP contribution in [0.4, 0.5) is 0 Å². The third-order valence-corrected chi connectivity index (χ3v) is 8.38. The van der Waals surface area contributed by atoms with Gasteiger partial charge in [0.1, 0.15) is 5.75 Å². The van der Waals surface area contributed by atoms with Crippen LogP contribution in [0.2, 0.25) is 5.02 Å². The number of aryl methyl sites for hydroxylation is 1. The van der Waals surface area contributed by atoms with E-state index < -0.39 is 5.97 Å². The van der Waals surface area contributed by atoms with Crippen molar-refractivity contribution in [2.24, 2.45) is 0 Å². The van der Waals surface area contributed by atoms with Crippen LogP contribution in [-0.4, -0.2) is 22.7 Å². The monoisotopic (exact) mass is 493 g/mol. The van der Waals surface area contributed by atoms with Gasteiger partial charge in [0.15, 0.2) is 10.9 Å². The Morgan fingerprint density at radius 3 is 2.64 bits per heavy atom. The number of fused-ring (bicyclic) bond motifs is 3. The Morgan fingerprint density at radius 2 is 1.85 bits per heavy atom. The van der Waals surface area contributed by atoms with Gasteiger partial charge in [-0.2, -0.15) is 0 Å². The topological polar surface area (TPSA) is 59.4 Å². The minimum atomic E-state index is -0.983. The zero-order valence-electron chi connectivity index (χ0n) is 17.5. The highest BCUT2D eigenvalue weighted by atomic mass is 35.5. The van der Waals surface area contributed by atoms with Crippen molar-refractivity contribution >= 4 is 40.7 Å². The largest absolute Gasteiger partial charge is 0.482 e. The minimum absolute atomic E-state index is 0.0252. The lowest BCUT2D eigenvalue weighted by molar-refractivity contribution is -0.139. The van der Waals surface area contributed by atoms with Gasteiger partial charge in [0, 0.05) is 21.0 Å². The van der Waals surface area contributed by atoms with E-state index in [2.05, 4.69) is 18.2 Å². The summed E-state index contributed by atoms with van der Waals surface area (Å²) in [7, 11) is 0. The molecule has 1 unspecified atom stereocenters. The van der Waals surface area contributed by atoms with Gasteiger partial charge >= 0.3 is 5.97 Å². The number of hydrogen-bond donors (Lipinski definition) is 1. The van der Waals surface area contributed by atoms with Gasteiger partial charge in [0.25, 0.3) is 0 Å². The normalized spacial score (nSPS) is 13.1. The Hall–Kier alpha value is -2.80. The Labute approximate surface area is 205 Å². The highest BCUT2D eigenvalue weighted by molar-refractivity contribution is 8.01. The van der Waals surface area contributed by atoms with Gasteiger partial charge in [-0.3, -0.25) is 0 Å². The van der Waals surface area contributed by atoms with Crippen molar-refractivity contribution in [2.75, 3.05) is 6.61 Å². The van der Waals surface area contributed by atoms with Crippen LogP contribution >= 0.6 is 34.7 Å². The van der Waals surface area contributed by atoms with Gasteiger partial charge in [-0.25, -0.2) is 9.78 Å². The van der Waals surface area contributed by atoms with Crippen LogP contribution in [-0.2, 0) is 17.6 Å². The van der Waals surface area contributed by atoms with Crippen molar-refractivity contribution < 1.29 is 14.6 Å². The van der Waals surface area contributed by atoms with Crippen molar-refractivity contribution in [1.82, 2.24) is 4.98 Å². The maximum Gasteiger partial charge on any atom is 0.341 e. The predicted octanol–water partition coefficient (Wildman–Crippen LogP) is 6.91. The number of carboxylic acids is 1. The fourth-order valence-electron chi connectivity index (χ4n) is 4.05. The first-order valence-corrected chi connectivity index (χ1v) is 12.6. The summed E-state index contributed by atoms with van der Waals surface area (Å²) in [5, 5.41) is 9.75. The van der Waals surface area contributed by atoms with Crippen LogP contribution in [0, 0.1) is 0 Å². The zero-order chi connectivity index (χ0) is 22.8.